The fraction of sp³-hybridized carbons (Fsp3) is 0.875. The van der Waals surface area contributed by atoms with Crippen molar-refractivity contribution in [1.29, 1.82) is 0 Å². The standard InChI is InChI=1S/C16H30O5/c1-2-3-4-5-6-7-8-9-10-20-14(11-17)16-15(19)13(18)12-21-16/h8-9,13-19H,2-7,10-12H2,1H3/b9-8+/t13-,14+,15-,16-/m0/s1. The topological polar surface area (TPSA) is 79.2 Å². The highest BCUT2D eigenvalue weighted by molar-refractivity contribution is 4.89. The highest BCUT2D eigenvalue weighted by Gasteiger charge is 2.40. The van der Waals surface area contributed by atoms with Gasteiger partial charge in [-0.1, -0.05) is 44.8 Å². The molecule has 0 radical (unpaired) electrons. The van der Waals surface area contributed by atoms with Crippen LogP contribution in [0.15, 0.2) is 12.2 Å². The van der Waals surface area contributed by atoms with Gasteiger partial charge in [-0.05, 0) is 12.8 Å². The Morgan fingerprint density at radius 2 is 1.95 bits per heavy atom. The van der Waals surface area contributed by atoms with Crippen molar-refractivity contribution in [3.05, 3.63) is 12.2 Å². The molecule has 1 saturated heterocycles. The monoisotopic (exact) mass is 302 g/mol. The molecule has 124 valence electrons. The molecular weight excluding hydrogens is 272 g/mol. The highest BCUT2D eigenvalue weighted by atomic mass is 16.6. The maximum Gasteiger partial charge on any atom is 0.114 e. The van der Waals surface area contributed by atoms with Crippen LogP contribution in [0.1, 0.15) is 45.4 Å². The van der Waals surface area contributed by atoms with Crippen molar-refractivity contribution in [2.75, 3.05) is 19.8 Å². The van der Waals surface area contributed by atoms with Gasteiger partial charge in [0.25, 0.3) is 0 Å². The van der Waals surface area contributed by atoms with E-state index in [1.54, 1.807) is 0 Å². The molecule has 5 nitrogen and oxygen atoms in total. The van der Waals surface area contributed by atoms with Gasteiger partial charge in [0.05, 0.1) is 19.8 Å². The zero-order chi connectivity index (χ0) is 15.5. The summed E-state index contributed by atoms with van der Waals surface area (Å²) in [7, 11) is 0. The van der Waals surface area contributed by atoms with E-state index in [4.69, 9.17) is 9.47 Å². The molecule has 1 rings (SSSR count). The number of ether oxygens (including phenoxy) is 2. The van der Waals surface area contributed by atoms with Crippen molar-refractivity contribution in [3.63, 3.8) is 0 Å². The quantitative estimate of drug-likeness (QED) is 0.397. The lowest BCUT2D eigenvalue weighted by Crippen LogP contribution is -2.42. The summed E-state index contributed by atoms with van der Waals surface area (Å²) in [4.78, 5) is 0. The Labute approximate surface area is 127 Å². The average molecular weight is 302 g/mol. The van der Waals surface area contributed by atoms with Gasteiger partial charge in [-0.15, -0.1) is 0 Å². The fourth-order valence-corrected chi connectivity index (χ4v) is 2.44. The molecule has 3 N–H and O–H groups in total. The minimum Gasteiger partial charge on any atom is -0.394 e. The molecule has 0 aliphatic carbocycles. The van der Waals surface area contributed by atoms with Crippen LogP contribution < -0.4 is 0 Å². The second kappa shape index (κ2) is 11.2. The third kappa shape index (κ3) is 6.89. The number of unbranched alkanes of at least 4 members (excludes halogenated alkanes) is 5. The van der Waals surface area contributed by atoms with Crippen molar-refractivity contribution in [2.45, 2.75) is 69.9 Å². The first-order valence-corrected chi connectivity index (χ1v) is 8.05. The minimum absolute atomic E-state index is 0.0826. The summed E-state index contributed by atoms with van der Waals surface area (Å²) in [5.74, 6) is 0. The number of rotatable bonds is 11. The maximum atomic E-state index is 9.72. The molecule has 0 bridgehead atoms. The predicted molar refractivity (Wildman–Crippen MR) is 81.1 cm³/mol. The third-order valence-corrected chi connectivity index (χ3v) is 3.78. The third-order valence-electron chi connectivity index (χ3n) is 3.78. The highest BCUT2D eigenvalue weighted by Crippen LogP contribution is 2.19. The number of aliphatic hydroxyl groups excluding tert-OH is 3. The van der Waals surface area contributed by atoms with Gasteiger partial charge >= 0.3 is 0 Å². The molecule has 21 heavy (non-hydrogen) atoms. The van der Waals surface area contributed by atoms with E-state index < -0.39 is 24.4 Å². The molecule has 0 unspecified atom stereocenters. The summed E-state index contributed by atoms with van der Waals surface area (Å²) < 4.78 is 10.8. The molecule has 1 fully saturated rings. The van der Waals surface area contributed by atoms with Crippen LogP contribution in [0.3, 0.4) is 0 Å². The Balaban J connectivity index is 2.12. The van der Waals surface area contributed by atoms with Crippen LogP contribution in [0.4, 0.5) is 0 Å². The Morgan fingerprint density at radius 1 is 1.19 bits per heavy atom. The summed E-state index contributed by atoms with van der Waals surface area (Å²) in [6, 6.07) is 0. The number of hydrogen-bond acceptors (Lipinski definition) is 5. The second-order valence-corrected chi connectivity index (χ2v) is 5.58. The van der Waals surface area contributed by atoms with Crippen LogP contribution in [-0.4, -0.2) is 59.6 Å². The van der Waals surface area contributed by atoms with E-state index in [1.807, 2.05) is 6.08 Å². The van der Waals surface area contributed by atoms with Crippen molar-refractivity contribution in [2.24, 2.45) is 0 Å². The van der Waals surface area contributed by atoms with Gasteiger partial charge < -0.3 is 24.8 Å². The molecule has 0 aromatic heterocycles. The van der Waals surface area contributed by atoms with Crippen LogP contribution in [0.25, 0.3) is 0 Å². The Bertz CT molecular complexity index is 282. The van der Waals surface area contributed by atoms with Crippen molar-refractivity contribution in [3.8, 4) is 0 Å². The molecule has 0 amide bonds. The minimum atomic E-state index is -0.996. The van der Waals surface area contributed by atoms with Gasteiger partial charge in [0, 0.05) is 0 Å². The molecule has 4 atom stereocenters. The largest absolute Gasteiger partial charge is 0.394 e. The van der Waals surface area contributed by atoms with Crippen molar-refractivity contribution >= 4 is 0 Å². The Morgan fingerprint density at radius 3 is 2.57 bits per heavy atom. The molecule has 1 aliphatic heterocycles. The number of allylic oxidation sites excluding steroid dienone is 1. The molecule has 0 saturated carbocycles. The molecule has 0 aromatic rings. The van der Waals surface area contributed by atoms with Crippen LogP contribution >= 0.6 is 0 Å². The summed E-state index contributed by atoms with van der Waals surface area (Å²) in [6.45, 7) is 2.43. The van der Waals surface area contributed by atoms with Gasteiger partial charge in [0.15, 0.2) is 0 Å². The molecule has 1 aliphatic rings. The fourth-order valence-electron chi connectivity index (χ4n) is 2.44. The molecule has 1 heterocycles. The predicted octanol–water partition coefficient (Wildman–Crippen LogP) is 1.40. The molecule has 0 aromatic carbocycles. The zero-order valence-corrected chi connectivity index (χ0v) is 13.0. The van der Waals surface area contributed by atoms with E-state index in [0.717, 1.165) is 6.42 Å². The van der Waals surface area contributed by atoms with Gasteiger partial charge in [-0.3, -0.25) is 0 Å². The van der Waals surface area contributed by atoms with Crippen LogP contribution in [0, 0.1) is 0 Å². The molecule has 0 spiro atoms. The average Bonchev–Trinajstić information content (AvgIpc) is 2.82. The van der Waals surface area contributed by atoms with Gasteiger partial charge in [-0.2, -0.15) is 0 Å². The first kappa shape index (κ1) is 18.6. The maximum absolute atomic E-state index is 9.72. The van der Waals surface area contributed by atoms with Crippen molar-refractivity contribution in [1.82, 2.24) is 0 Å². The van der Waals surface area contributed by atoms with Gasteiger partial charge in [-0.25, -0.2) is 0 Å². The number of hydrogen-bond donors (Lipinski definition) is 3. The lowest BCUT2D eigenvalue weighted by molar-refractivity contribution is -0.0942. The summed E-state index contributed by atoms with van der Waals surface area (Å²) in [6.07, 6.45) is 8.22. The molecule has 5 heteroatoms. The van der Waals surface area contributed by atoms with E-state index in [0.29, 0.717) is 6.61 Å². The molecular formula is C16H30O5. The lowest BCUT2D eigenvalue weighted by Gasteiger charge is -2.23. The first-order chi connectivity index (χ1) is 10.2. The summed E-state index contributed by atoms with van der Waals surface area (Å²) in [5, 5.41) is 28.4. The smallest absolute Gasteiger partial charge is 0.114 e. The summed E-state index contributed by atoms with van der Waals surface area (Å²) >= 11 is 0. The Kier molecular flexibility index (Phi) is 9.87. The van der Waals surface area contributed by atoms with E-state index >= 15 is 0 Å². The normalized spacial score (nSPS) is 27.5. The first-order valence-electron chi connectivity index (χ1n) is 8.05. The van der Waals surface area contributed by atoms with E-state index in [9.17, 15) is 15.3 Å². The van der Waals surface area contributed by atoms with Crippen LogP contribution in [-0.2, 0) is 9.47 Å². The lowest BCUT2D eigenvalue weighted by atomic mass is 10.1. The van der Waals surface area contributed by atoms with E-state index in [1.165, 1.54) is 32.1 Å². The zero-order valence-electron chi connectivity index (χ0n) is 13.0. The second-order valence-electron chi connectivity index (χ2n) is 5.58. The van der Waals surface area contributed by atoms with Gasteiger partial charge in [0.1, 0.15) is 24.4 Å². The van der Waals surface area contributed by atoms with E-state index in [-0.39, 0.29) is 13.2 Å². The summed E-state index contributed by atoms with van der Waals surface area (Å²) in [5.41, 5.74) is 0. The van der Waals surface area contributed by atoms with Crippen LogP contribution in [0.5, 0.6) is 0 Å². The van der Waals surface area contributed by atoms with Crippen LogP contribution in [0.2, 0.25) is 0 Å². The van der Waals surface area contributed by atoms with E-state index in [2.05, 4.69) is 13.0 Å². The van der Waals surface area contributed by atoms with Gasteiger partial charge in [0.2, 0.25) is 0 Å². The number of aliphatic hydroxyl groups is 3. The Hall–Kier alpha value is -0.460. The SMILES string of the molecule is CCCCCCC/C=C/CO[C@H](CO)[C@@H]1OC[C@H](O)[C@@H]1O. The van der Waals surface area contributed by atoms with Crippen molar-refractivity contribution < 1.29 is 24.8 Å².